The third-order valence-electron chi connectivity index (χ3n) is 3.54. The summed E-state index contributed by atoms with van der Waals surface area (Å²) in [5.74, 6) is 0. The van der Waals surface area contributed by atoms with Gasteiger partial charge in [-0.05, 0) is 32.2 Å². The normalized spacial score (nSPS) is 18.4. The Labute approximate surface area is 116 Å². The van der Waals surface area contributed by atoms with Crippen molar-refractivity contribution in [1.82, 2.24) is 4.90 Å². The summed E-state index contributed by atoms with van der Waals surface area (Å²) in [5, 5.41) is 3.47. The zero-order valence-corrected chi connectivity index (χ0v) is 12.2. The lowest BCUT2D eigenvalue weighted by Gasteiger charge is -2.34. The molecule has 0 amide bonds. The van der Waals surface area contributed by atoms with E-state index in [4.69, 9.17) is 4.74 Å². The molecule has 4 heteroatoms. The first-order valence-electron chi connectivity index (χ1n) is 6.98. The average Bonchev–Trinajstić information content (AvgIpc) is 2.40. The van der Waals surface area contributed by atoms with Crippen molar-refractivity contribution >= 4 is 11.4 Å². The van der Waals surface area contributed by atoms with Crippen LogP contribution in [0, 0.1) is 0 Å². The predicted molar refractivity (Wildman–Crippen MR) is 81.1 cm³/mol. The van der Waals surface area contributed by atoms with Gasteiger partial charge in [-0.25, -0.2) is 0 Å². The van der Waals surface area contributed by atoms with Crippen molar-refractivity contribution in [2.45, 2.75) is 13.0 Å². The first kappa shape index (κ1) is 14.2. The Hall–Kier alpha value is -1.26. The van der Waals surface area contributed by atoms with E-state index >= 15 is 0 Å². The number of likely N-dealkylation sites (N-methyl/N-ethyl adjacent to an activating group) is 1. The van der Waals surface area contributed by atoms with Crippen LogP contribution < -0.4 is 10.2 Å². The molecule has 0 aromatic heterocycles. The molecular formula is C15H25N3O. The molecule has 4 nitrogen and oxygen atoms in total. The van der Waals surface area contributed by atoms with E-state index in [0.29, 0.717) is 6.04 Å². The Bertz CT molecular complexity index is 389. The summed E-state index contributed by atoms with van der Waals surface area (Å²) in [4.78, 5) is 4.82. The SMILES string of the molecule is COC[C@H](C)Nc1cccc(N2CCN(C)CC2)c1. The maximum atomic E-state index is 5.16. The fourth-order valence-corrected chi connectivity index (χ4v) is 2.43. The molecule has 106 valence electrons. The van der Waals surface area contributed by atoms with Gasteiger partial charge in [0.25, 0.3) is 0 Å². The van der Waals surface area contributed by atoms with Crippen molar-refractivity contribution in [2.24, 2.45) is 0 Å². The van der Waals surface area contributed by atoms with Gasteiger partial charge in [0.1, 0.15) is 0 Å². The first-order chi connectivity index (χ1) is 9.19. The molecule has 0 bridgehead atoms. The number of nitrogens with one attached hydrogen (secondary N) is 1. The number of piperazine rings is 1. The summed E-state index contributed by atoms with van der Waals surface area (Å²) in [6.07, 6.45) is 0. The number of benzene rings is 1. The second kappa shape index (κ2) is 6.78. The molecule has 2 rings (SSSR count). The van der Waals surface area contributed by atoms with E-state index in [-0.39, 0.29) is 0 Å². The van der Waals surface area contributed by atoms with Crippen LogP contribution >= 0.6 is 0 Å². The monoisotopic (exact) mass is 263 g/mol. The molecule has 1 fully saturated rings. The molecule has 1 aromatic carbocycles. The average molecular weight is 263 g/mol. The third-order valence-corrected chi connectivity index (χ3v) is 3.54. The number of ether oxygens (including phenoxy) is 1. The van der Waals surface area contributed by atoms with Crippen LogP contribution in [0.15, 0.2) is 24.3 Å². The van der Waals surface area contributed by atoms with E-state index in [2.05, 4.69) is 53.4 Å². The highest BCUT2D eigenvalue weighted by Crippen LogP contribution is 2.21. The second-order valence-corrected chi connectivity index (χ2v) is 5.34. The van der Waals surface area contributed by atoms with Gasteiger partial charge < -0.3 is 19.9 Å². The zero-order valence-electron chi connectivity index (χ0n) is 12.2. The van der Waals surface area contributed by atoms with Crippen molar-refractivity contribution in [2.75, 3.05) is 57.2 Å². The van der Waals surface area contributed by atoms with Gasteiger partial charge in [-0.1, -0.05) is 6.07 Å². The molecule has 0 unspecified atom stereocenters. The summed E-state index contributed by atoms with van der Waals surface area (Å²) >= 11 is 0. The van der Waals surface area contributed by atoms with Crippen LogP contribution in [0.4, 0.5) is 11.4 Å². The lowest BCUT2D eigenvalue weighted by atomic mass is 10.2. The van der Waals surface area contributed by atoms with Crippen LogP contribution in [0.5, 0.6) is 0 Å². The minimum atomic E-state index is 0.327. The molecular weight excluding hydrogens is 238 g/mol. The standard InChI is InChI=1S/C15H25N3O/c1-13(12-19-3)16-14-5-4-6-15(11-14)18-9-7-17(2)8-10-18/h4-6,11,13,16H,7-10,12H2,1-3H3/t13-/m0/s1. The fraction of sp³-hybridized carbons (Fsp3) is 0.600. The molecule has 1 atom stereocenters. The van der Waals surface area contributed by atoms with Crippen LogP contribution in [0.1, 0.15) is 6.92 Å². The maximum Gasteiger partial charge on any atom is 0.0661 e. The molecule has 1 aliphatic rings. The topological polar surface area (TPSA) is 27.7 Å². The van der Waals surface area contributed by atoms with Gasteiger partial charge in [0.2, 0.25) is 0 Å². The minimum absolute atomic E-state index is 0.327. The van der Waals surface area contributed by atoms with Crippen molar-refractivity contribution in [3.8, 4) is 0 Å². The number of methoxy groups -OCH3 is 1. The van der Waals surface area contributed by atoms with Gasteiger partial charge in [0.15, 0.2) is 0 Å². The van der Waals surface area contributed by atoms with Crippen LogP contribution in [-0.4, -0.2) is 57.9 Å². The number of hydrogen-bond acceptors (Lipinski definition) is 4. The zero-order chi connectivity index (χ0) is 13.7. The van der Waals surface area contributed by atoms with Crippen LogP contribution in [0.25, 0.3) is 0 Å². The molecule has 0 aliphatic carbocycles. The van der Waals surface area contributed by atoms with E-state index in [0.717, 1.165) is 32.8 Å². The lowest BCUT2D eigenvalue weighted by Crippen LogP contribution is -2.44. The Morgan fingerprint density at radius 1 is 1.26 bits per heavy atom. The Kier molecular flexibility index (Phi) is 5.05. The van der Waals surface area contributed by atoms with E-state index in [1.807, 2.05) is 0 Å². The van der Waals surface area contributed by atoms with Gasteiger partial charge in [0.05, 0.1) is 6.61 Å². The van der Waals surface area contributed by atoms with Gasteiger partial charge in [-0.3, -0.25) is 0 Å². The molecule has 0 radical (unpaired) electrons. The molecule has 1 saturated heterocycles. The minimum Gasteiger partial charge on any atom is -0.383 e. The van der Waals surface area contributed by atoms with E-state index in [1.165, 1.54) is 11.4 Å². The molecule has 1 heterocycles. The quantitative estimate of drug-likeness (QED) is 0.878. The van der Waals surface area contributed by atoms with Crippen molar-refractivity contribution in [3.63, 3.8) is 0 Å². The first-order valence-corrected chi connectivity index (χ1v) is 6.98. The summed E-state index contributed by atoms with van der Waals surface area (Å²) in [5.41, 5.74) is 2.48. The fourth-order valence-electron chi connectivity index (χ4n) is 2.43. The highest BCUT2D eigenvalue weighted by Gasteiger charge is 2.14. The molecule has 19 heavy (non-hydrogen) atoms. The van der Waals surface area contributed by atoms with E-state index < -0.39 is 0 Å². The summed E-state index contributed by atoms with van der Waals surface area (Å²) < 4.78 is 5.16. The molecule has 0 spiro atoms. The van der Waals surface area contributed by atoms with Gasteiger partial charge in [-0.2, -0.15) is 0 Å². The number of nitrogens with zero attached hydrogens (tertiary/aromatic N) is 2. The summed E-state index contributed by atoms with van der Waals surface area (Å²) in [7, 11) is 3.92. The Morgan fingerprint density at radius 3 is 2.68 bits per heavy atom. The van der Waals surface area contributed by atoms with Crippen LogP contribution in [-0.2, 0) is 4.74 Å². The Balaban J connectivity index is 1.98. The van der Waals surface area contributed by atoms with E-state index in [1.54, 1.807) is 7.11 Å². The molecule has 1 N–H and O–H groups in total. The van der Waals surface area contributed by atoms with Crippen LogP contribution in [0.2, 0.25) is 0 Å². The summed E-state index contributed by atoms with van der Waals surface area (Å²) in [6, 6.07) is 8.99. The maximum absolute atomic E-state index is 5.16. The van der Waals surface area contributed by atoms with Gasteiger partial charge in [0, 0.05) is 50.7 Å². The van der Waals surface area contributed by atoms with Crippen molar-refractivity contribution in [1.29, 1.82) is 0 Å². The highest BCUT2D eigenvalue weighted by atomic mass is 16.5. The number of rotatable bonds is 5. The second-order valence-electron chi connectivity index (χ2n) is 5.34. The summed E-state index contributed by atoms with van der Waals surface area (Å²) in [6.45, 7) is 7.33. The van der Waals surface area contributed by atoms with Gasteiger partial charge >= 0.3 is 0 Å². The van der Waals surface area contributed by atoms with E-state index in [9.17, 15) is 0 Å². The smallest absolute Gasteiger partial charge is 0.0661 e. The number of anilines is 2. The van der Waals surface area contributed by atoms with Crippen molar-refractivity contribution < 1.29 is 4.74 Å². The number of hydrogen-bond donors (Lipinski definition) is 1. The molecule has 1 aromatic rings. The molecule has 0 saturated carbocycles. The largest absolute Gasteiger partial charge is 0.383 e. The lowest BCUT2D eigenvalue weighted by molar-refractivity contribution is 0.190. The predicted octanol–water partition coefficient (Wildman–Crippen LogP) is 1.89. The third kappa shape index (κ3) is 4.11. The molecule has 1 aliphatic heterocycles. The van der Waals surface area contributed by atoms with Crippen molar-refractivity contribution in [3.05, 3.63) is 24.3 Å². The highest BCUT2D eigenvalue weighted by molar-refractivity contribution is 5.58. The van der Waals surface area contributed by atoms with Gasteiger partial charge in [-0.15, -0.1) is 0 Å². The van der Waals surface area contributed by atoms with Crippen LogP contribution in [0.3, 0.4) is 0 Å². The Morgan fingerprint density at radius 2 is 2.00 bits per heavy atom.